The van der Waals surface area contributed by atoms with Crippen LogP contribution in [0.5, 0.6) is 0 Å². The lowest BCUT2D eigenvalue weighted by atomic mass is 10.1. The van der Waals surface area contributed by atoms with E-state index in [2.05, 4.69) is 5.32 Å². The molecule has 120 valence electrons. The van der Waals surface area contributed by atoms with Gasteiger partial charge in [-0.1, -0.05) is 12.1 Å². The van der Waals surface area contributed by atoms with Crippen molar-refractivity contribution in [3.63, 3.8) is 0 Å². The molecule has 0 heterocycles. The summed E-state index contributed by atoms with van der Waals surface area (Å²) >= 11 is 0. The van der Waals surface area contributed by atoms with Gasteiger partial charge in [-0.15, -0.1) is 0 Å². The Hall–Kier alpha value is -1.89. The minimum Gasteiger partial charge on any atom is -0.480 e. The lowest BCUT2D eigenvalue weighted by Gasteiger charge is -2.12. The number of carbonyl (C=O) groups excluding carboxylic acids is 1. The van der Waals surface area contributed by atoms with Gasteiger partial charge < -0.3 is 10.4 Å². The van der Waals surface area contributed by atoms with Crippen molar-refractivity contribution in [3.8, 4) is 0 Å². The molecule has 2 rings (SSSR count). The third-order valence-electron chi connectivity index (χ3n) is 3.86. The van der Waals surface area contributed by atoms with Crippen molar-refractivity contribution in [1.29, 1.82) is 0 Å². The molecular weight excluding hydrogens is 306 g/mol. The minimum atomic E-state index is -3.23. The van der Waals surface area contributed by atoms with Crippen LogP contribution >= 0.6 is 0 Å². The molecule has 1 aromatic rings. The average Bonchev–Trinajstić information content (AvgIpc) is 3.19. The number of hydrogen-bond acceptors (Lipinski definition) is 4. The molecule has 0 atom stereocenters. The minimum absolute atomic E-state index is 0.113. The Morgan fingerprint density at radius 3 is 2.45 bits per heavy atom. The van der Waals surface area contributed by atoms with Crippen LogP contribution in [0.1, 0.15) is 32.3 Å². The summed E-state index contributed by atoms with van der Waals surface area (Å²) in [5.41, 5.74) is -0.347. The highest BCUT2D eigenvalue weighted by molar-refractivity contribution is 7.91. The molecule has 0 spiro atoms. The Balaban J connectivity index is 2.13. The van der Waals surface area contributed by atoms with Crippen LogP contribution in [0.2, 0.25) is 0 Å². The summed E-state index contributed by atoms with van der Waals surface area (Å²) in [6, 6.07) is 6.48. The fourth-order valence-electron chi connectivity index (χ4n) is 2.05. The first-order valence-corrected chi connectivity index (χ1v) is 8.74. The Morgan fingerprint density at radius 2 is 1.95 bits per heavy atom. The van der Waals surface area contributed by atoms with Gasteiger partial charge >= 0.3 is 5.97 Å². The molecule has 0 aromatic heterocycles. The second-order valence-corrected chi connectivity index (χ2v) is 8.45. The summed E-state index contributed by atoms with van der Waals surface area (Å²) in [5.74, 6) is -1.79. The molecule has 0 radical (unpaired) electrons. The fraction of sp³-hybridized carbons (Fsp3) is 0.467. The maximum absolute atomic E-state index is 12.0. The predicted molar refractivity (Wildman–Crippen MR) is 82.1 cm³/mol. The third kappa shape index (κ3) is 3.30. The van der Waals surface area contributed by atoms with Crippen molar-refractivity contribution in [1.82, 2.24) is 0 Å². The maximum atomic E-state index is 12.0. The summed E-state index contributed by atoms with van der Waals surface area (Å²) in [6.45, 7) is 3.23. The predicted octanol–water partition coefficient (Wildman–Crippen LogP) is 1.81. The lowest BCUT2D eigenvalue weighted by molar-refractivity contribution is -0.147. The van der Waals surface area contributed by atoms with E-state index in [4.69, 9.17) is 5.11 Å². The van der Waals surface area contributed by atoms with Gasteiger partial charge in [0.25, 0.3) is 0 Å². The molecule has 1 aliphatic carbocycles. The van der Waals surface area contributed by atoms with Crippen LogP contribution in [-0.4, -0.2) is 30.7 Å². The summed E-state index contributed by atoms with van der Waals surface area (Å²) in [5, 5.41) is 11.2. The molecule has 1 saturated carbocycles. The van der Waals surface area contributed by atoms with E-state index in [9.17, 15) is 18.0 Å². The zero-order valence-electron chi connectivity index (χ0n) is 12.5. The number of aliphatic carboxylic acids is 1. The average molecular weight is 325 g/mol. The molecule has 1 amide bonds. The molecule has 0 aliphatic heterocycles. The molecule has 6 nitrogen and oxygen atoms in total. The Kier molecular flexibility index (Phi) is 4.28. The summed E-state index contributed by atoms with van der Waals surface area (Å²) < 4.78 is 23.9. The van der Waals surface area contributed by atoms with Crippen molar-refractivity contribution in [2.75, 3.05) is 5.32 Å². The number of amides is 1. The monoisotopic (exact) mass is 325 g/mol. The van der Waals surface area contributed by atoms with Gasteiger partial charge in [0.1, 0.15) is 5.41 Å². The summed E-state index contributed by atoms with van der Waals surface area (Å²) in [7, 11) is -3.23. The number of sulfone groups is 1. The van der Waals surface area contributed by atoms with E-state index in [-0.39, 0.29) is 5.75 Å². The van der Waals surface area contributed by atoms with Gasteiger partial charge in [0.05, 0.1) is 11.0 Å². The van der Waals surface area contributed by atoms with Crippen LogP contribution in [0.15, 0.2) is 24.3 Å². The summed E-state index contributed by atoms with van der Waals surface area (Å²) in [6.07, 6.45) is 0.658. The quantitative estimate of drug-likeness (QED) is 0.777. The van der Waals surface area contributed by atoms with Gasteiger partial charge in [0.2, 0.25) is 5.91 Å². The Morgan fingerprint density at radius 1 is 1.32 bits per heavy atom. The largest absolute Gasteiger partial charge is 0.480 e. The second kappa shape index (κ2) is 5.72. The number of carboxylic acids is 1. The van der Waals surface area contributed by atoms with Gasteiger partial charge in [-0.05, 0) is 44.4 Å². The number of hydrogen-bond donors (Lipinski definition) is 2. The summed E-state index contributed by atoms with van der Waals surface area (Å²) in [4.78, 5) is 23.1. The van der Waals surface area contributed by atoms with E-state index in [1.165, 1.54) is 0 Å². The normalized spacial score (nSPS) is 16.3. The number of benzene rings is 1. The number of carbonyl (C=O) groups is 2. The van der Waals surface area contributed by atoms with Crippen LogP contribution in [-0.2, 0) is 25.2 Å². The molecule has 0 unspecified atom stereocenters. The first-order chi connectivity index (χ1) is 10.2. The van der Waals surface area contributed by atoms with E-state index >= 15 is 0 Å². The van der Waals surface area contributed by atoms with E-state index in [0.29, 0.717) is 24.1 Å². The highest BCUT2D eigenvalue weighted by Gasteiger charge is 2.57. The zero-order valence-corrected chi connectivity index (χ0v) is 13.3. The molecule has 0 saturated heterocycles. The van der Waals surface area contributed by atoms with Crippen LogP contribution < -0.4 is 5.32 Å². The molecule has 1 fully saturated rings. The highest BCUT2D eigenvalue weighted by Crippen LogP contribution is 2.46. The fourth-order valence-corrected chi connectivity index (χ4v) is 3.03. The standard InChI is InChI=1S/C15H19NO5S/c1-10(2)22(20,21)9-11-4-3-5-12(8-11)16-13(17)15(6-7-15)14(18)19/h3-5,8,10H,6-7,9H2,1-2H3,(H,16,17)(H,18,19). The van der Waals surface area contributed by atoms with Gasteiger partial charge in [-0.2, -0.15) is 0 Å². The van der Waals surface area contributed by atoms with Crippen molar-refractivity contribution in [2.45, 2.75) is 37.7 Å². The highest BCUT2D eigenvalue weighted by atomic mass is 32.2. The first-order valence-electron chi connectivity index (χ1n) is 7.03. The van der Waals surface area contributed by atoms with Crippen LogP contribution in [0.4, 0.5) is 5.69 Å². The maximum Gasteiger partial charge on any atom is 0.319 e. The molecular formula is C15H19NO5S. The number of carboxylic acid groups (broad SMARTS) is 1. The second-order valence-electron chi connectivity index (χ2n) is 5.90. The van der Waals surface area contributed by atoms with Crippen molar-refractivity contribution in [2.24, 2.45) is 5.41 Å². The van der Waals surface area contributed by atoms with Crippen molar-refractivity contribution in [3.05, 3.63) is 29.8 Å². The van der Waals surface area contributed by atoms with Crippen LogP contribution in [0.3, 0.4) is 0 Å². The number of nitrogens with one attached hydrogen (secondary N) is 1. The molecule has 22 heavy (non-hydrogen) atoms. The van der Waals surface area contributed by atoms with Gasteiger partial charge in [-0.25, -0.2) is 8.42 Å². The molecule has 1 aromatic carbocycles. The smallest absolute Gasteiger partial charge is 0.319 e. The molecule has 2 N–H and O–H groups in total. The third-order valence-corrected chi connectivity index (χ3v) is 6.04. The zero-order chi connectivity index (χ0) is 16.5. The molecule has 0 bridgehead atoms. The van der Waals surface area contributed by atoms with Crippen molar-refractivity contribution < 1.29 is 23.1 Å². The lowest BCUT2D eigenvalue weighted by Crippen LogP contribution is -2.31. The Bertz CT molecular complexity index is 704. The topological polar surface area (TPSA) is 101 Å². The molecule has 1 aliphatic rings. The van der Waals surface area contributed by atoms with Gasteiger partial charge in [0, 0.05) is 5.69 Å². The molecule has 7 heteroatoms. The Labute approximate surface area is 129 Å². The van der Waals surface area contributed by atoms with Gasteiger partial charge in [-0.3, -0.25) is 9.59 Å². The van der Waals surface area contributed by atoms with Crippen LogP contribution in [0.25, 0.3) is 0 Å². The van der Waals surface area contributed by atoms with Crippen LogP contribution in [0, 0.1) is 5.41 Å². The first kappa shape index (κ1) is 16.5. The van der Waals surface area contributed by atoms with E-state index in [1.54, 1.807) is 38.1 Å². The number of rotatable bonds is 6. The number of anilines is 1. The van der Waals surface area contributed by atoms with E-state index < -0.39 is 32.4 Å². The SMILES string of the molecule is CC(C)S(=O)(=O)Cc1cccc(NC(=O)C2(C(=O)O)CC2)c1. The van der Waals surface area contributed by atoms with E-state index in [1.807, 2.05) is 0 Å². The van der Waals surface area contributed by atoms with E-state index in [0.717, 1.165) is 0 Å². The van der Waals surface area contributed by atoms with Gasteiger partial charge in [0.15, 0.2) is 9.84 Å². The van der Waals surface area contributed by atoms with Crippen molar-refractivity contribution >= 4 is 27.4 Å².